The van der Waals surface area contributed by atoms with E-state index in [0.29, 0.717) is 0 Å². The summed E-state index contributed by atoms with van der Waals surface area (Å²) in [4.78, 5) is 0. The first-order chi connectivity index (χ1) is 7.72. The first-order valence-electron chi connectivity index (χ1n) is 7.03. The molecule has 1 atom stereocenters. The van der Waals surface area contributed by atoms with Crippen molar-refractivity contribution in [2.45, 2.75) is 58.9 Å². The number of hydrogen-bond donors (Lipinski definition) is 1. The molecule has 2 heteroatoms. The highest BCUT2D eigenvalue weighted by Crippen LogP contribution is 2.33. The maximum absolute atomic E-state index is 5.60. The number of hydrogen-bond acceptors (Lipinski definition) is 2. The van der Waals surface area contributed by atoms with Crippen molar-refractivity contribution in [3.05, 3.63) is 0 Å². The van der Waals surface area contributed by atoms with Gasteiger partial charge in [0, 0.05) is 19.2 Å². The molecule has 0 radical (unpaired) electrons. The third-order valence-electron chi connectivity index (χ3n) is 3.33. The fourth-order valence-electron chi connectivity index (χ4n) is 1.91. The molecular formula is C14H29NO. The van der Waals surface area contributed by atoms with Crippen molar-refractivity contribution in [1.82, 2.24) is 5.32 Å². The summed E-state index contributed by atoms with van der Waals surface area (Å²) < 4.78 is 5.60. The van der Waals surface area contributed by atoms with Gasteiger partial charge in [0.05, 0.1) is 6.61 Å². The summed E-state index contributed by atoms with van der Waals surface area (Å²) in [6, 6.07) is 0.723. The lowest BCUT2D eigenvalue weighted by molar-refractivity contribution is 0.122. The van der Waals surface area contributed by atoms with Gasteiger partial charge in [-0.05, 0) is 31.1 Å². The third-order valence-corrected chi connectivity index (χ3v) is 3.33. The van der Waals surface area contributed by atoms with Gasteiger partial charge in [-0.1, -0.05) is 33.6 Å². The van der Waals surface area contributed by atoms with Gasteiger partial charge in [0.1, 0.15) is 0 Å². The summed E-state index contributed by atoms with van der Waals surface area (Å²) in [5, 5.41) is 3.60. The number of nitrogens with one attached hydrogen (secondary N) is 1. The van der Waals surface area contributed by atoms with Crippen molar-refractivity contribution in [2.24, 2.45) is 11.8 Å². The standard InChI is InChI=1S/C14H29NO/c1-4-14(11-13-5-6-13)15-8-10-16-9-7-12(2)3/h12-15H,4-11H2,1-3H3. The Labute approximate surface area is 101 Å². The Morgan fingerprint density at radius 3 is 2.56 bits per heavy atom. The molecular weight excluding hydrogens is 198 g/mol. The highest BCUT2D eigenvalue weighted by Gasteiger charge is 2.24. The normalized spacial score (nSPS) is 18.0. The summed E-state index contributed by atoms with van der Waals surface area (Å²) in [6.07, 6.45) is 6.73. The molecule has 1 N–H and O–H groups in total. The van der Waals surface area contributed by atoms with Crippen LogP contribution in [0.5, 0.6) is 0 Å². The fourth-order valence-corrected chi connectivity index (χ4v) is 1.91. The third kappa shape index (κ3) is 7.24. The molecule has 96 valence electrons. The van der Waals surface area contributed by atoms with Crippen molar-refractivity contribution in [1.29, 1.82) is 0 Å². The minimum atomic E-state index is 0.723. The minimum absolute atomic E-state index is 0.723. The average molecular weight is 227 g/mol. The van der Waals surface area contributed by atoms with E-state index in [4.69, 9.17) is 4.74 Å². The Bertz CT molecular complexity index is 166. The van der Waals surface area contributed by atoms with Crippen LogP contribution in [0.1, 0.15) is 52.9 Å². The van der Waals surface area contributed by atoms with Gasteiger partial charge in [-0.25, -0.2) is 0 Å². The second kappa shape index (κ2) is 8.08. The van der Waals surface area contributed by atoms with E-state index in [9.17, 15) is 0 Å². The molecule has 2 nitrogen and oxygen atoms in total. The van der Waals surface area contributed by atoms with Gasteiger partial charge in [-0.15, -0.1) is 0 Å². The molecule has 1 aliphatic rings. The lowest BCUT2D eigenvalue weighted by Crippen LogP contribution is -2.32. The van der Waals surface area contributed by atoms with Crippen molar-refractivity contribution >= 4 is 0 Å². The molecule has 0 bridgehead atoms. The maximum atomic E-state index is 5.60. The lowest BCUT2D eigenvalue weighted by Gasteiger charge is -2.16. The van der Waals surface area contributed by atoms with Crippen molar-refractivity contribution < 1.29 is 4.74 Å². The molecule has 0 aromatic rings. The van der Waals surface area contributed by atoms with E-state index in [1.165, 1.54) is 32.1 Å². The number of rotatable bonds is 10. The molecule has 16 heavy (non-hydrogen) atoms. The molecule has 0 saturated heterocycles. The van der Waals surface area contributed by atoms with Crippen molar-refractivity contribution in [3.8, 4) is 0 Å². The van der Waals surface area contributed by atoms with Crippen molar-refractivity contribution in [3.63, 3.8) is 0 Å². The Balaban J connectivity index is 1.87. The second-order valence-electron chi connectivity index (χ2n) is 5.53. The maximum Gasteiger partial charge on any atom is 0.0591 e. The van der Waals surface area contributed by atoms with Crippen LogP contribution < -0.4 is 5.32 Å². The molecule has 0 aliphatic heterocycles. The molecule has 1 rings (SSSR count). The summed E-state index contributed by atoms with van der Waals surface area (Å²) in [6.45, 7) is 9.56. The Morgan fingerprint density at radius 2 is 2.00 bits per heavy atom. The summed E-state index contributed by atoms with van der Waals surface area (Å²) in [7, 11) is 0. The van der Waals surface area contributed by atoms with Crippen LogP contribution in [0.2, 0.25) is 0 Å². The van der Waals surface area contributed by atoms with Crippen LogP contribution in [0.4, 0.5) is 0 Å². The van der Waals surface area contributed by atoms with Gasteiger partial charge in [0.2, 0.25) is 0 Å². The molecule has 0 aromatic heterocycles. The SMILES string of the molecule is CCC(CC1CC1)NCCOCCC(C)C. The smallest absolute Gasteiger partial charge is 0.0591 e. The first kappa shape index (κ1) is 14.0. The highest BCUT2D eigenvalue weighted by atomic mass is 16.5. The summed E-state index contributed by atoms with van der Waals surface area (Å²) in [5.41, 5.74) is 0. The van der Waals surface area contributed by atoms with E-state index in [0.717, 1.165) is 37.6 Å². The van der Waals surface area contributed by atoms with Gasteiger partial charge in [-0.2, -0.15) is 0 Å². The second-order valence-corrected chi connectivity index (χ2v) is 5.53. The summed E-state index contributed by atoms with van der Waals surface area (Å²) in [5.74, 6) is 1.78. The zero-order valence-electron chi connectivity index (χ0n) is 11.3. The molecule has 0 heterocycles. The summed E-state index contributed by atoms with van der Waals surface area (Å²) >= 11 is 0. The quantitative estimate of drug-likeness (QED) is 0.579. The molecule has 1 saturated carbocycles. The average Bonchev–Trinajstić information content (AvgIpc) is 3.04. The van der Waals surface area contributed by atoms with Gasteiger partial charge in [0.15, 0.2) is 0 Å². The predicted molar refractivity (Wildman–Crippen MR) is 69.7 cm³/mol. The van der Waals surface area contributed by atoms with Crippen molar-refractivity contribution in [2.75, 3.05) is 19.8 Å². The van der Waals surface area contributed by atoms with Crippen LogP contribution in [-0.2, 0) is 4.74 Å². The monoisotopic (exact) mass is 227 g/mol. The van der Waals surface area contributed by atoms with E-state index < -0.39 is 0 Å². The molecule has 0 amide bonds. The zero-order valence-corrected chi connectivity index (χ0v) is 11.3. The zero-order chi connectivity index (χ0) is 11.8. The van der Waals surface area contributed by atoms with Crippen LogP contribution in [-0.4, -0.2) is 25.8 Å². The van der Waals surface area contributed by atoms with Crippen LogP contribution >= 0.6 is 0 Å². The van der Waals surface area contributed by atoms with E-state index in [-0.39, 0.29) is 0 Å². The van der Waals surface area contributed by atoms with E-state index in [2.05, 4.69) is 26.1 Å². The molecule has 0 aromatic carbocycles. The number of ether oxygens (including phenoxy) is 1. The largest absolute Gasteiger partial charge is 0.380 e. The molecule has 1 fully saturated rings. The van der Waals surface area contributed by atoms with Gasteiger partial charge >= 0.3 is 0 Å². The van der Waals surface area contributed by atoms with Gasteiger partial charge in [0.25, 0.3) is 0 Å². The molecule has 0 spiro atoms. The fraction of sp³-hybridized carbons (Fsp3) is 1.00. The van der Waals surface area contributed by atoms with Crippen LogP contribution in [0.25, 0.3) is 0 Å². The van der Waals surface area contributed by atoms with E-state index >= 15 is 0 Å². The Kier molecular flexibility index (Phi) is 7.06. The van der Waals surface area contributed by atoms with Gasteiger partial charge < -0.3 is 10.1 Å². The lowest BCUT2D eigenvalue weighted by atomic mass is 10.1. The topological polar surface area (TPSA) is 21.3 Å². The highest BCUT2D eigenvalue weighted by molar-refractivity contribution is 4.79. The van der Waals surface area contributed by atoms with E-state index in [1.807, 2.05) is 0 Å². The van der Waals surface area contributed by atoms with E-state index in [1.54, 1.807) is 0 Å². The first-order valence-corrected chi connectivity index (χ1v) is 7.03. The Hall–Kier alpha value is -0.0800. The van der Waals surface area contributed by atoms with Gasteiger partial charge in [-0.3, -0.25) is 0 Å². The Morgan fingerprint density at radius 1 is 1.25 bits per heavy atom. The molecule has 1 unspecified atom stereocenters. The van der Waals surface area contributed by atoms with Crippen LogP contribution in [0.3, 0.4) is 0 Å². The van der Waals surface area contributed by atoms with Crippen LogP contribution in [0, 0.1) is 11.8 Å². The minimum Gasteiger partial charge on any atom is -0.380 e. The predicted octanol–water partition coefficient (Wildman–Crippen LogP) is 3.22. The van der Waals surface area contributed by atoms with Crippen LogP contribution in [0.15, 0.2) is 0 Å². The molecule has 1 aliphatic carbocycles.